The number of H-pyrrole nitrogens is 1. The second-order valence-corrected chi connectivity index (χ2v) is 16.9. The monoisotopic (exact) mass is 942 g/mol. The molecule has 2 aromatic rings. The van der Waals surface area contributed by atoms with Gasteiger partial charge >= 0.3 is 5.97 Å². The molecule has 0 aliphatic carbocycles. The number of aliphatic carboxylic acids is 1. The van der Waals surface area contributed by atoms with E-state index in [2.05, 4.69) is 52.2 Å². The second-order valence-electron chi connectivity index (χ2n) is 16.9. The number of nitrogens with one attached hydrogen (secondary N) is 8. The van der Waals surface area contributed by atoms with E-state index in [0.717, 1.165) is 0 Å². The Kier molecular flexibility index (Phi) is 21.9. The molecule has 370 valence electrons. The number of amides is 7. The largest absolute Gasteiger partial charge is 0.508 e. The Morgan fingerprint density at radius 2 is 1.42 bits per heavy atom. The van der Waals surface area contributed by atoms with Gasteiger partial charge in [-0.05, 0) is 62.3 Å². The Balaban J connectivity index is 1.89. The normalized spacial score (nSPS) is 16.1. The second kappa shape index (κ2) is 27.0. The maximum Gasteiger partial charge on any atom is 0.326 e. The van der Waals surface area contributed by atoms with Crippen molar-refractivity contribution in [3.63, 3.8) is 0 Å². The number of hydrogen-bond donors (Lipinski definition) is 13. The summed E-state index contributed by atoms with van der Waals surface area (Å²) in [6.45, 7) is 6.37. The number of aliphatic imine (C=N–C) groups is 1. The molecule has 1 aliphatic rings. The molecule has 7 atom stereocenters. The molecule has 3 rings (SSSR count). The van der Waals surface area contributed by atoms with Crippen LogP contribution in [0.25, 0.3) is 0 Å². The zero-order valence-corrected chi connectivity index (χ0v) is 38.5. The number of carboxylic acid groups (broad SMARTS) is 1. The number of aromatic amines is 1. The number of aliphatic hydroxyl groups excluding tert-OH is 1. The van der Waals surface area contributed by atoms with E-state index in [-0.39, 0.29) is 63.4 Å². The van der Waals surface area contributed by atoms with Crippen LogP contribution in [0.3, 0.4) is 0 Å². The summed E-state index contributed by atoms with van der Waals surface area (Å²) in [5, 5.41) is 47.4. The minimum atomic E-state index is -1.39. The average molecular weight is 942 g/mol. The summed E-state index contributed by atoms with van der Waals surface area (Å²) >= 11 is 0. The molecule has 1 fully saturated rings. The number of phenolic OH excluding ortho intramolecular Hbond substituents is 1. The summed E-state index contributed by atoms with van der Waals surface area (Å²) in [5.41, 5.74) is 11.8. The molecule has 1 saturated heterocycles. The van der Waals surface area contributed by atoms with E-state index >= 15 is 0 Å². The van der Waals surface area contributed by atoms with E-state index in [1.165, 1.54) is 29.6 Å². The molecule has 15 N–H and O–H groups in total. The number of aromatic nitrogens is 2. The molecule has 67 heavy (non-hydrogen) atoms. The number of hydrogen-bond acceptors (Lipinski definition) is 13. The van der Waals surface area contributed by atoms with Crippen molar-refractivity contribution >= 4 is 53.3 Å². The summed E-state index contributed by atoms with van der Waals surface area (Å²) in [6, 6.07) is -2.83. The molecule has 24 heteroatoms. The smallest absolute Gasteiger partial charge is 0.326 e. The molecule has 24 nitrogen and oxygen atoms in total. The van der Waals surface area contributed by atoms with Gasteiger partial charge in [0.2, 0.25) is 41.4 Å². The predicted octanol–water partition coefficient (Wildman–Crippen LogP) is -3.15. The van der Waals surface area contributed by atoms with Crippen molar-refractivity contribution in [1.82, 2.24) is 52.1 Å². The summed E-state index contributed by atoms with van der Waals surface area (Å²) in [5.74, 6) is -7.54. The van der Waals surface area contributed by atoms with E-state index in [1.54, 1.807) is 46.9 Å². The molecule has 0 saturated carbocycles. The standard InChI is InChI=1S/C43H67N13O11/c1-23(2)34(54-36(60)28(50-33(59)21-46-5)8-6-15-48-43(44)45)39(63)52-30(18-25-10-12-27(58)13-11-25)37(61)55-35(24(3)4)40(64)53-31(19-26-20-47-22-49-26)41(65)56-16-7-9-32(56)38(62)51-29(14-17-57)42(66)67/h10-13,20,22-24,28-32,34-35,46,57-58H,6-9,14-19,21H2,1-5H3,(H,47,49)(H,50,59)(H,51,62)(H,52,63)(H,53,64)(H,54,60)(H,55,61)(H,66,67)(H4,44,45,48)/t28-,29-,30-,31-,32-,34-,35-/m0/s1. The fourth-order valence-electron chi connectivity index (χ4n) is 7.33. The maximum atomic E-state index is 14.3. The third kappa shape index (κ3) is 17.5. The number of rotatable bonds is 27. The van der Waals surface area contributed by atoms with Crippen LogP contribution in [0.4, 0.5) is 0 Å². The summed E-state index contributed by atoms with van der Waals surface area (Å²) in [7, 11) is 1.56. The van der Waals surface area contributed by atoms with Crippen LogP contribution in [0.1, 0.15) is 71.1 Å². The molecule has 1 aromatic carbocycles. The Hall–Kier alpha value is -6.82. The molecule has 2 heterocycles. The number of carbonyl (C=O) groups is 8. The molecular formula is C43H67N13O11. The van der Waals surface area contributed by atoms with Gasteiger partial charge in [-0.1, -0.05) is 39.8 Å². The van der Waals surface area contributed by atoms with Crippen LogP contribution in [0.5, 0.6) is 5.75 Å². The van der Waals surface area contributed by atoms with E-state index in [0.29, 0.717) is 24.1 Å². The van der Waals surface area contributed by atoms with Crippen LogP contribution in [-0.4, -0.2) is 159 Å². The highest BCUT2D eigenvalue weighted by molar-refractivity contribution is 5.98. The number of phenols is 1. The van der Waals surface area contributed by atoms with Crippen LogP contribution in [0, 0.1) is 11.8 Å². The number of guanidine groups is 1. The first-order chi connectivity index (χ1) is 31.7. The van der Waals surface area contributed by atoms with Gasteiger partial charge in [-0.3, -0.25) is 38.6 Å². The minimum Gasteiger partial charge on any atom is -0.508 e. The molecule has 1 aromatic heterocycles. The van der Waals surface area contributed by atoms with E-state index < -0.39 is 108 Å². The van der Waals surface area contributed by atoms with Gasteiger partial charge in [0, 0.05) is 50.8 Å². The number of benzene rings is 1. The fraction of sp³-hybridized carbons (Fsp3) is 0.581. The Labute approximate surface area is 388 Å². The van der Waals surface area contributed by atoms with Gasteiger partial charge in [0.1, 0.15) is 48.0 Å². The molecule has 7 amide bonds. The summed E-state index contributed by atoms with van der Waals surface area (Å²) in [6.07, 6.45) is 3.39. The zero-order chi connectivity index (χ0) is 49.8. The molecule has 0 radical (unpaired) electrons. The van der Waals surface area contributed by atoms with Crippen molar-refractivity contribution in [2.75, 3.05) is 33.3 Å². The van der Waals surface area contributed by atoms with Gasteiger partial charge in [-0.2, -0.15) is 0 Å². The quantitative estimate of drug-likeness (QED) is 0.0239. The fourth-order valence-corrected chi connectivity index (χ4v) is 7.33. The Morgan fingerprint density at radius 1 is 0.806 bits per heavy atom. The number of aliphatic hydroxyl groups is 1. The van der Waals surface area contributed by atoms with Crippen LogP contribution < -0.4 is 48.7 Å². The highest BCUT2D eigenvalue weighted by Gasteiger charge is 2.40. The molecular weight excluding hydrogens is 875 g/mol. The van der Waals surface area contributed by atoms with Gasteiger partial charge in [-0.15, -0.1) is 0 Å². The van der Waals surface area contributed by atoms with E-state index in [1.807, 2.05) is 0 Å². The summed E-state index contributed by atoms with van der Waals surface area (Å²) < 4.78 is 0. The van der Waals surface area contributed by atoms with Crippen molar-refractivity contribution < 1.29 is 53.7 Å². The maximum absolute atomic E-state index is 14.3. The topological polar surface area (TPSA) is 378 Å². The highest BCUT2D eigenvalue weighted by atomic mass is 16.4. The first-order valence-electron chi connectivity index (χ1n) is 22.2. The van der Waals surface area contributed by atoms with E-state index in [9.17, 15) is 53.7 Å². The first-order valence-corrected chi connectivity index (χ1v) is 22.2. The number of carboxylic acids is 1. The van der Waals surface area contributed by atoms with Gasteiger partial charge in [0.25, 0.3) is 0 Å². The van der Waals surface area contributed by atoms with Gasteiger partial charge in [0.15, 0.2) is 5.96 Å². The molecule has 0 bridgehead atoms. The number of nitrogens with zero attached hydrogens (tertiary/aromatic N) is 3. The van der Waals surface area contributed by atoms with Crippen molar-refractivity contribution in [2.45, 2.75) is 115 Å². The van der Waals surface area contributed by atoms with Crippen LogP contribution in [-0.2, 0) is 51.2 Å². The Bertz CT molecular complexity index is 2010. The SMILES string of the molecule is CNCC(=O)N[C@@H](CCCN=C(N)N)C(=O)N[C@H](C(=O)N[C@@H](Cc1ccc(O)cc1)C(=O)N[C@H](C(=O)N[C@@H](Cc1cnc[nH]1)C(=O)N1CCC[C@H]1C(=O)N[C@@H](CCO)C(=O)O)C(C)C)C(C)C. The van der Waals surface area contributed by atoms with Crippen LogP contribution >= 0.6 is 0 Å². The van der Waals surface area contributed by atoms with Crippen molar-refractivity contribution in [3.8, 4) is 5.75 Å². The lowest BCUT2D eigenvalue weighted by molar-refractivity contribution is -0.145. The number of imidazole rings is 1. The number of carbonyl (C=O) groups excluding carboxylic acids is 7. The van der Waals surface area contributed by atoms with Gasteiger partial charge < -0.3 is 73.9 Å². The number of aromatic hydroxyl groups is 1. The number of nitrogens with two attached hydrogens (primary N) is 2. The lowest BCUT2D eigenvalue weighted by Gasteiger charge is -2.31. The average Bonchev–Trinajstić information content (AvgIpc) is 3.98. The lowest BCUT2D eigenvalue weighted by atomic mass is 9.98. The highest BCUT2D eigenvalue weighted by Crippen LogP contribution is 2.21. The molecule has 0 spiro atoms. The van der Waals surface area contributed by atoms with Gasteiger partial charge in [0.05, 0.1) is 12.9 Å². The van der Waals surface area contributed by atoms with Crippen molar-refractivity contribution in [2.24, 2.45) is 28.3 Å². The minimum absolute atomic E-state index is 0.0474. The molecule has 1 aliphatic heterocycles. The Morgan fingerprint density at radius 3 is 1.96 bits per heavy atom. The zero-order valence-electron chi connectivity index (χ0n) is 38.5. The van der Waals surface area contributed by atoms with E-state index in [4.69, 9.17) is 11.5 Å². The van der Waals surface area contributed by atoms with Crippen LogP contribution in [0.15, 0.2) is 41.8 Å². The number of likely N-dealkylation sites (tertiary alicyclic amines) is 1. The number of likely N-dealkylation sites (N-methyl/N-ethyl adjacent to an activating group) is 1. The third-order valence-corrected chi connectivity index (χ3v) is 10.9. The lowest BCUT2D eigenvalue weighted by Crippen LogP contribution is -2.61. The van der Waals surface area contributed by atoms with Gasteiger partial charge in [-0.25, -0.2) is 9.78 Å². The molecule has 0 unspecified atom stereocenters. The van der Waals surface area contributed by atoms with Crippen molar-refractivity contribution in [1.29, 1.82) is 0 Å². The summed E-state index contributed by atoms with van der Waals surface area (Å²) in [4.78, 5) is 120. The first kappa shape index (κ1) is 54.5. The van der Waals surface area contributed by atoms with Crippen LogP contribution in [0.2, 0.25) is 0 Å². The van der Waals surface area contributed by atoms with Crippen molar-refractivity contribution in [3.05, 3.63) is 48.0 Å². The predicted molar refractivity (Wildman–Crippen MR) is 243 cm³/mol. The third-order valence-electron chi connectivity index (χ3n) is 10.9.